The standard InChI is InChI=1S/C27H43N3O6/c1-17-15-18(13-14-21(17)32)22(23(33)28-19-11-9-8-10-12-19)30(26(2,3)4)24(34)20(16-31)29-25(35)36-27(5,6)7/h13-15,19-20,22,31-32H,8-12,16H2,1-7H3,(H,28,33)(H,29,35). The lowest BCUT2D eigenvalue weighted by molar-refractivity contribution is -0.149. The molecule has 1 aromatic carbocycles. The Bertz CT molecular complexity index is 928. The van der Waals surface area contributed by atoms with E-state index in [9.17, 15) is 24.6 Å². The summed E-state index contributed by atoms with van der Waals surface area (Å²) in [5, 5.41) is 25.7. The molecule has 0 spiro atoms. The Hall–Kier alpha value is -2.81. The number of benzene rings is 1. The number of hydrogen-bond donors (Lipinski definition) is 4. The van der Waals surface area contributed by atoms with Gasteiger partial charge in [-0.15, -0.1) is 0 Å². The molecule has 2 unspecified atom stereocenters. The maximum absolute atomic E-state index is 13.9. The molecule has 1 aliphatic carbocycles. The first-order chi connectivity index (χ1) is 16.6. The van der Waals surface area contributed by atoms with E-state index in [0.29, 0.717) is 11.1 Å². The zero-order chi connectivity index (χ0) is 27.3. The number of aliphatic hydroxyl groups is 1. The number of phenolic OH excluding ortho intramolecular Hbond substituents is 1. The van der Waals surface area contributed by atoms with Crippen LogP contribution in [0.15, 0.2) is 18.2 Å². The summed E-state index contributed by atoms with van der Waals surface area (Å²) in [5.41, 5.74) is -0.561. The Kier molecular flexibility index (Phi) is 9.77. The van der Waals surface area contributed by atoms with Crippen LogP contribution in [-0.4, -0.2) is 62.9 Å². The summed E-state index contributed by atoms with van der Waals surface area (Å²) in [5.74, 6) is -0.881. The molecule has 9 heteroatoms. The van der Waals surface area contributed by atoms with Gasteiger partial charge in [0, 0.05) is 11.6 Å². The quantitative estimate of drug-likeness (QED) is 0.447. The van der Waals surface area contributed by atoms with Gasteiger partial charge in [0.15, 0.2) is 0 Å². The van der Waals surface area contributed by atoms with Gasteiger partial charge >= 0.3 is 6.09 Å². The second kappa shape index (κ2) is 12.0. The first-order valence-corrected chi connectivity index (χ1v) is 12.7. The van der Waals surface area contributed by atoms with Crippen LogP contribution >= 0.6 is 0 Å². The van der Waals surface area contributed by atoms with Crippen molar-refractivity contribution in [1.29, 1.82) is 0 Å². The van der Waals surface area contributed by atoms with E-state index in [1.165, 1.54) is 11.0 Å². The van der Waals surface area contributed by atoms with Gasteiger partial charge in [-0.1, -0.05) is 25.3 Å². The highest BCUT2D eigenvalue weighted by Crippen LogP contribution is 2.32. The Morgan fingerprint density at radius 2 is 1.69 bits per heavy atom. The van der Waals surface area contributed by atoms with Gasteiger partial charge in [0.25, 0.3) is 0 Å². The molecule has 0 saturated heterocycles. The van der Waals surface area contributed by atoms with Crippen LogP contribution in [0.25, 0.3) is 0 Å². The average Bonchev–Trinajstić information content (AvgIpc) is 2.76. The minimum Gasteiger partial charge on any atom is -0.508 e. The van der Waals surface area contributed by atoms with E-state index >= 15 is 0 Å². The van der Waals surface area contributed by atoms with E-state index in [4.69, 9.17) is 4.74 Å². The molecule has 0 heterocycles. The summed E-state index contributed by atoms with van der Waals surface area (Å²) in [6, 6.07) is 2.45. The van der Waals surface area contributed by atoms with Crippen molar-refractivity contribution in [1.82, 2.24) is 15.5 Å². The van der Waals surface area contributed by atoms with E-state index in [2.05, 4.69) is 10.6 Å². The van der Waals surface area contributed by atoms with Crippen molar-refractivity contribution in [2.75, 3.05) is 6.61 Å². The molecule has 3 amide bonds. The molecule has 2 atom stereocenters. The first kappa shape index (κ1) is 29.4. The topological polar surface area (TPSA) is 128 Å². The molecule has 1 saturated carbocycles. The number of aromatic hydroxyl groups is 1. The third-order valence-electron chi connectivity index (χ3n) is 6.13. The molecule has 1 aliphatic rings. The van der Waals surface area contributed by atoms with Crippen molar-refractivity contribution in [3.63, 3.8) is 0 Å². The number of ether oxygens (including phenoxy) is 1. The van der Waals surface area contributed by atoms with Crippen LogP contribution < -0.4 is 10.6 Å². The second-order valence-corrected chi connectivity index (χ2v) is 11.6. The molecule has 4 N–H and O–H groups in total. The Morgan fingerprint density at radius 3 is 2.19 bits per heavy atom. The molecule has 36 heavy (non-hydrogen) atoms. The summed E-state index contributed by atoms with van der Waals surface area (Å²) < 4.78 is 5.27. The van der Waals surface area contributed by atoms with Crippen LogP contribution in [0, 0.1) is 6.92 Å². The minimum absolute atomic E-state index is 0.0115. The number of rotatable bonds is 7. The average molecular weight is 506 g/mol. The fourth-order valence-corrected chi connectivity index (χ4v) is 4.44. The Morgan fingerprint density at radius 1 is 1.08 bits per heavy atom. The molecular formula is C27H43N3O6. The molecule has 0 aromatic heterocycles. The SMILES string of the molecule is Cc1cc(C(C(=O)NC2CCCCC2)N(C(=O)C(CO)NC(=O)OC(C)(C)C)C(C)(C)C)ccc1O. The van der Waals surface area contributed by atoms with Gasteiger partial charge in [-0.3, -0.25) is 9.59 Å². The lowest BCUT2D eigenvalue weighted by atomic mass is 9.92. The number of amides is 3. The van der Waals surface area contributed by atoms with Crippen molar-refractivity contribution in [2.24, 2.45) is 0 Å². The minimum atomic E-state index is -1.32. The number of nitrogens with one attached hydrogen (secondary N) is 2. The van der Waals surface area contributed by atoms with Crippen LogP contribution in [0.5, 0.6) is 5.75 Å². The fraction of sp³-hybridized carbons (Fsp3) is 0.667. The number of hydrogen-bond acceptors (Lipinski definition) is 6. The number of carbonyl (C=O) groups excluding carboxylic acids is 3. The predicted molar refractivity (Wildman–Crippen MR) is 137 cm³/mol. The summed E-state index contributed by atoms with van der Waals surface area (Å²) >= 11 is 0. The molecule has 0 aliphatic heterocycles. The van der Waals surface area contributed by atoms with Gasteiger partial charge in [0.2, 0.25) is 11.8 Å². The second-order valence-electron chi connectivity index (χ2n) is 11.6. The molecule has 0 radical (unpaired) electrons. The Balaban J connectivity index is 2.48. The zero-order valence-corrected chi connectivity index (χ0v) is 22.7. The number of alkyl carbamates (subject to hydrolysis) is 1. The number of phenols is 1. The first-order valence-electron chi connectivity index (χ1n) is 12.7. The maximum atomic E-state index is 13.9. The van der Waals surface area contributed by atoms with Gasteiger partial charge < -0.3 is 30.5 Å². The molecule has 9 nitrogen and oxygen atoms in total. The smallest absolute Gasteiger partial charge is 0.408 e. The van der Waals surface area contributed by atoms with Gasteiger partial charge in [-0.05, 0) is 84.6 Å². The number of aryl methyl sites for hydroxylation is 1. The van der Waals surface area contributed by atoms with E-state index < -0.39 is 41.8 Å². The van der Waals surface area contributed by atoms with Crippen LogP contribution in [0.2, 0.25) is 0 Å². The molecule has 1 fully saturated rings. The molecule has 1 aromatic rings. The fourth-order valence-electron chi connectivity index (χ4n) is 4.44. The molecule has 202 valence electrons. The van der Waals surface area contributed by atoms with Crippen molar-refractivity contribution in [2.45, 2.75) is 110 Å². The highest BCUT2D eigenvalue weighted by Gasteiger charge is 2.42. The monoisotopic (exact) mass is 505 g/mol. The van der Waals surface area contributed by atoms with Crippen molar-refractivity contribution < 1.29 is 29.3 Å². The summed E-state index contributed by atoms with van der Waals surface area (Å²) in [4.78, 5) is 41.4. The lowest BCUT2D eigenvalue weighted by Gasteiger charge is -2.43. The molecular weight excluding hydrogens is 462 g/mol. The molecule has 2 rings (SSSR count). The van der Waals surface area contributed by atoms with E-state index in [0.717, 1.165) is 32.1 Å². The van der Waals surface area contributed by atoms with Crippen LogP contribution in [0.1, 0.15) is 90.8 Å². The van der Waals surface area contributed by atoms with Crippen LogP contribution in [-0.2, 0) is 14.3 Å². The number of nitrogens with zero attached hydrogens (tertiary/aromatic N) is 1. The van der Waals surface area contributed by atoms with Crippen molar-refractivity contribution in [3.8, 4) is 5.75 Å². The number of carbonyl (C=O) groups is 3. The van der Waals surface area contributed by atoms with Crippen LogP contribution in [0.4, 0.5) is 4.79 Å². The summed E-state index contributed by atoms with van der Waals surface area (Å²) in [7, 11) is 0. The molecule has 0 bridgehead atoms. The number of aliphatic hydroxyl groups excluding tert-OH is 1. The summed E-state index contributed by atoms with van der Waals surface area (Å²) in [6.45, 7) is 11.5. The maximum Gasteiger partial charge on any atom is 0.408 e. The van der Waals surface area contributed by atoms with Gasteiger partial charge in [-0.2, -0.15) is 0 Å². The summed E-state index contributed by atoms with van der Waals surface area (Å²) in [6.07, 6.45) is 4.09. The van der Waals surface area contributed by atoms with E-state index in [1.807, 2.05) is 0 Å². The van der Waals surface area contributed by atoms with E-state index in [-0.39, 0.29) is 17.7 Å². The van der Waals surface area contributed by atoms with Crippen molar-refractivity contribution >= 4 is 17.9 Å². The zero-order valence-electron chi connectivity index (χ0n) is 22.7. The van der Waals surface area contributed by atoms with Crippen molar-refractivity contribution in [3.05, 3.63) is 29.3 Å². The normalized spacial score (nSPS) is 16.6. The third kappa shape index (κ3) is 8.11. The van der Waals surface area contributed by atoms with Gasteiger partial charge in [-0.25, -0.2) is 4.79 Å². The highest BCUT2D eigenvalue weighted by atomic mass is 16.6. The Labute approximate surface area is 214 Å². The lowest BCUT2D eigenvalue weighted by Crippen LogP contribution is -2.60. The predicted octanol–water partition coefficient (Wildman–Crippen LogP) is 3.70. The largest absolute Gasteiger partial charge is 0.508 e. The van der Waals surface area contributed by atoms with Gasteiger partial charge in [0.1, 0.15) is 23.4 Å². The van der Waals surface area contributed by atoms with E-state index in [1.54, 1.807) is 60.6 Å². The van der Waals surface area contributed by atoms with Crippen LogP contribution in [0.3, 0.4) is 0 Å². The van der Waals surface area contributed by atoms with Gasteiger partial charge in [0.05, 0.1) is 6.61 Å². The third-order valence-corrected chi connectivity index (χ3v) is 6.13. The highest BCUT2D eigenvalue weighted by molar-refractivity contribution is 5.93.